The third-order valence-electron chi connectivity index (χ3n) is 5.39. The van der Waals surface area contributed by atoms with Gasteiger partial charge in [-0.15, -0.1) is 0 Å². The summed E-state index contributed by atoms with van der Waals surface area (Å²) in [7, 11) is 1.87. The van der Waals surface area contributed by atoms with Crippen molar-refractivity contribution in [2.24, 2.45) is 0 Å². The molecule has 7 heteroatoms. The number of rotatable bonds is 4. The van der Waals surface area contributed by atoms with Crippen LogP contribution in [0.1, 0.15) is 24.2 Å². The smallest absolute Gasteiger partial charge is 0.263 e. The number of aromatic nitrogens is 3. The number of nitrogens with two attached hydrogens (primary N) is 1. The Balaban J connectivity index is 1.97. The van der Waals surface area contributed by atoms with Crippen molar-refractivity contribution in [2.45, 2.75) is 19.9 Å². The van der Waals surface area contributed by atoms with E-state index in [2.05, 4.69) is 16.0 Å². The van der Waals surface area contributed by atoms with Gasteiger partial charge in [-0.25, -0.2) is 4.98 Å². The number of hydrogen-bond acceptors (Lipinski definition) is 5. The molecule has 1 atom stereocenters. The second-order valence-corrected chi connectivity index (χ2v) is 7.68. The van der Waals surface area contributed by atoms with Crippen LogP contribution < -0.4 is 16.2 Å². The molecule has 2 aromatic heterocycles. The summed E-state index contributed by atoms with van der Waals surface area (Å²) in [6.07, 6.45) is 1.48. The van der Waals surface area contributed by atoms with Crippen molar-refractivity contribution >= 4 is 34.1 Å². The zero-order valence-electron chi connectivity index (χ0n) is 17.0. The first-order valence-electron chi connectivity index (χ1n) is 9.60. The number of para-hydroxylation sites is 1. The summed E-state index contributed by atoms with van der Waals surface area (Å²) in [4.78, 5) is 23.8. The van der Waals surface area contributed by atoms with E-state index in [1.165, 1.54) is 6.20 Å². The maximum absolute atomic E-state index is 13.6. The second-order valence-electron chi connectivity index (χ2n) is 7.27. The molecule has 6 nitrogen and oxygen atoms in total. The van der Waals surface area contributed by atoms with E-state index in [1.807, 2.05) is 74.3 Å². The average molecular weight is 420 g/mol. The highest BCUT2D eigenvalue weighted by Crippen LogP contribution is 2.31. The molecule has 0 spiro atoms. The minimum atomic E-state index is -0.227. The molecule has 0 amide bonds. The van der Waals surface area contributed by atoms with Gasteiger partial charge in [0.2, 0.25) is 5.95 Å². The molecule has 0 aliphatic heterocycles. The summed E-state index contributed by atoms with van der Waals surface area (Å²) >= 11 is 6.34. The van der Waals surface area contributed by atoms with Crippen LogP contribution >= 0.6 is 11.6 Å². The number of fused-ring (bicyclic) bond motifs is 1. The van der Waals surface area contributed by atoms with Gasteiger partial charge in [-0.1, -0.05) is 48.0 Å². The first kappa shape index (κ1) is 19.9. The van der Waals surface area contributed by atoms with Crippen LogP contribution in [0.5, 0.6) is 0 Å². The summed E-state index contributed by atoms with van der Waals surface area (Å²) in [5.74, 6) is 0.649. The number of pyridine rings is 1. The Hall–Kier alpha value is -3.38. The monoisotopic (exact) mass is 419 g/mol. The molecule has 0 aliphatic rings. The summed E-state index contributed by atoms with van der Waals surface area (Å²) in [5.41, 5.74) is 8.29. The van der Waals surface area contributed by atoms with E-state index in [0.29, 0.717) is 16.2 Å². The first-order valence-corrected chi connectivity index (χ1v) is 9.98. The van der Waals surface area contributed by atoms with Crippen LogP contribution in [0.2, 0.25) is 5.02 Å². The summed E-state index contributed by atoms with van der Waals surface area (Å²) < 4.78 is 1.76. The number of anilines is 2. The minimum absolute atomic E-state index is 0.0552. The molecule has 30 heavy (non-hydrogen) atoms. The molecule has 4 aromatic rings. The lowest BCUT2D eigenvalue weighted by molar-refractivity contribution is 0.676. The van der Waals surface area contributed by atoms with Crippen molar-refractivity contribution in [1.82, 2.24) is 14.5 Å². The molecule has 4 rings (SSSR count). The molecule has 0 aliphatic carbocycles. The number of halogens is 1. The summed E-state index contributed by atoms with van der Waals surface area (Å²) in [6.45, 7) is 3.96. The van der Waals surface area contributed by atoms with E-state index in [0.717, 1.165) is 22.3 Å². The Bertz CT molecular complexity index is 1290. The van der Waals surface area contributed by atoms with Crippen LogP contribution in [0, 0.1) is 6.92 Å². The fourth-order valence-corrected chi connectivity index (χ4v) is 3.93. The predicted molar refractivity (Wildman–Crippen MR) is 123 cm³/mol. The Kier molecular flexibility index (Phi) is 5.18. The van der Waals surface area contributed by atoms with Crippen LogP contribution in [0.3, 0.4) is 0 Å². The van der Waals surface area contributed by atoms with Gasteiger partial charge >= 0.3 is 0 Å². The van der Waals surface area contributed by atoms with Crippen molar-refractivity contribution in [2.75, 3.05) is 17.7 Å². The lowest BCUT2D eigenvalue weighted by atomic mass is 10.0. The van der Waals surface area contributed by atoms with Gasteiger partial charge in [0.25, 0.3) is 5.56 Å². The summed E-state index contributed by atoms with van der Waals surface area (Å²) in [5, 5.41) is 2.00. The number of nitrogens with zero attached hydrogens (tertiary/aromatic N) is 4. The van der Waals surface area contributed by atoms with Crippen LogP contribution in [0.4, 0.5) is 11.8 Å². The molecule has 0 bridgehead atoms. The van der Waals surface area contributed by atoms with E-state index in [4.69, 9.17) is 17.3 Å². The zero-order chi connectivity index (χ0) is 21.4. The molecule has 2 aromatic carbocycles. The topological polar surface area (TPSA) is 77.0 Å². The fourth-order valence-electron chi connectivity index (χ4n) is 3.71. The van der Waals surface area contributed by atoms with Gasteiger partial charge in [-0.05, 0) is 43.0 Å². The highest BCUT2D eigenvalue weighted by Gasteiger charge is 2.22. The van der Waals surface area contributed by atoms with Gasteiger partial charge in [0.15, 0.2) is 5.82 Å². The highest BCUT2D eigenvalue weighted by molar-refractivity contribution is 6.32. The van der Waals surface area contributed by atoms with Crippen molar-refractivity contribution in [3.8, 4) is 5.69 Å². The molecule has 2 heterocycles. The van der Waals surface area contributed by atoms with E-state index < -0.39 is 0 Å². The standard InChI is InChI=1S/C23H22ClN5O/c1-14-8-7-9-16-12-19(15(2)28(3)21-18(24)13-26-23(25)27-21)29(22(30)20(14)16)17-10-5-4-6-11-17/h4-13,15H,1-3H3,(H2,25,26,27)/t15-/m0/s1. The molecule has 0 saturated heterocycles. The fraction of sp³-hybridized carbons (Fsp3) is 0.174. The lowest BCUT2D eigenvalue weighted by Gasteiger charge is -2.29. The molecule has 152 valence electrons. The van der Waals surface area contributed by atoms with E-state index >= 15 is 0 Å². The van der Waals surface area contributed by atoms with Crippen LogP contribution in [0.25, 0.3) is 16.5 Å². The Morgan fingerprint density at radius 2 is 1.87 bits per heavy atom. The molecule has 0 radical (unpaired) electrons. The first-order chi connectivity index (χ1) is 14.4. The van der Waals surface area contributed by atoms with Crippen LogP contribution in [0.15, 0.2) is 65.6 Å². The van der Waals surface area contributed by atoms with E-state index in [1.54, 1.807) is 4.57 Å². The average Bonchev–Trinajstić information content (AvgIpc) is 2.74. The molecule has 2 N–H and O–H groups in total. The predicted octanol–water partition coefficient (Wildman–Crippen LogP) is 4.52. The highest BCUT2D eigenvalue weighted by atomic mass is 35.5. The third-order valence-corrected chi connectivity index (χ3v) is 5.65. The Morgan fingerprint density at radius 1 is 1.13 bits per heavy atom. The Labute approximate surface area is 179 Å². The van der Waals surface area contributed by atoms with Gasteiger partial charge < -0.3 is 10.6 Å². The quantitative estimate of drug-likeness (QED) is 0.526. The number of aryl methyl sites for hydroxylation is 1. The van der Waals surface area contributed by atoms with E-state index in [9.17, 15) is 4.79 Å². The Morgan fingerprint density at radius 3 is 2.60 bits per heavy atom. The maximum atomic E-state index is 13.6. The van der Waals surface area contributed by atoms with Crippen LogP contribution in [-0.2, 0) is 0 Å². The normalized spacial score (nSPS) is 12.1. The summed E-state index contributed by atoms with van der Waals surface area (Å²) in [6, 6.07) is 17.3. The molecular weight excluding hydrogens is 398 g/mol. The number of benzene rings is 2. The van der Waals surface area contributed by atoms with Gasteiger partial charge in [-0.2, -0.15) is 4.98 Å². The van der Waals surface area contributed by atoms with Gasteiger partial charge in [-0.3, -0.25) is 9.36 Å². The van der Waals surface area contributed by atoms with Crippen molar-refractivity contribution < 1.29 is 0 Å². The van der Waals surface area contributed by atoms with Gasteiger partial charge in [0.1, 0.15) is 5.02 Å². The zero-order valence-corrected chi connectivity index (χ0v) is 17.8. The number of nitrogen functional groups attached to an aromatic ring is 1. The molecule has 0 saturated carbocycles. The maximum Gasteiger partial charge on any atom is 0.263 e. The van der Waals surface area contributed by atoms with E-state index in [-0.39, 0.29) is 17.5 Å². The van der Waals surface area contributed by atoms with Gasteiger partial charge in [0, 0.05) is 18.4 Å². The third kappa shape index (κ3) is 3.39. The molecule has 0 unspecified atom stereocenters. The van der Waals surface area contributed by atoms with Crippen molar-refractivity contribution in [1.29, 1.82) is 0 Å². The largest absolute Gasteiger partial charge is 0.368 e. The van der Waals surface area contributed by atoms with Crippen molar-refractivity contribution in [3.63, 3.8) is 0 Å². The molecular formula is C23H22ClN5O. The SMILES string of the molecule is Cc1cccc2cc([C@H](C)N(C)c3nc(N)ncc3Cl)n(-c3ccccc3)c(=O)c12. The minimum Gasteiger partial charge on any atom is -0.368 e. The van der Waals surface area contributed by atoms with Gasteiger partial charge in [0.05, 0.1) is 17.6 Å². The second kappa shape index (κ2) is 7.80. The molecule has 0 fully saturated rings. The van der Waals surface area contributed by atoms with Crippen LogP contribution in [-0.4, -0.2) is 21.6 Å². The van der Waals surface area contributed by atoms with Crippen molar-refractivity contribution in [3.05, 3.63) is 87.4 Å². The number of hydrogen-bond donors (Lipinski definition) is 1. The lowest BCUT2D eigenvalue weighted by Crippen LogP contribution is -2.30.